The Morgan fingerprint density at radius 2 is 2.00 bits per heavy atom. The van der Waals surface area contributed by atoms with Crippen LogP contribution in [0.25, 0.3) is 0 Å². The minimum absolute atomic E-state index is 0.134. The van der Waals surface area contributed by atoms with Crippen molar-refractivity contribution in [1.29, 1.82) is 0 Å². The summed E-state index contributed by atoms with van der Waals surface area (Å²) in [6, 6.07) is 0. The topological polar surface area (TPSA) is 57.5 Å². The molecule has 3 nitrogen and oxygen atoms in total. The van der Waals surface area contributed by atoms with Crippen molar-refractivity contribution in [1.82, 2.24) is 0 Å². The van der Waals surface area contributed by atoms with Gasteiger partial charge >= 0.3 is 5.97 Å². The molecule has 76 valence electrons. The minimum atomic E-state index is -0.841. The predicted octanol–water partition coefficient (Wildman–Crippen LogP) is 1.82. The van der Waals surface area contributed by atoms with Crippen LogP contribution in [-0.2, 0) is 4.79 Å². The number of unbranched alkanes of at least 4 members (excludes halogenated alkanes) is 1. The third-order valence-electron chi connectivity index (χ3n) is 1.66. The molecule has 0 radical (unpaired) electrons. The standard InChI is InChI=1S/C10H18O3/c1-8(2)7-9(10(12)13)5-3-4-6-11/h7-8,11H,3-6H2,1-2H3,(H,12,13). The van der Waals surface area contributed by atoms with Crippen molar-refractivity contribution in [3.05, 3.63) is 11.6 Å². The van der Waals surface area contributed by atoms with Gasteiger partial charge in [0.1, 0.15) is 0 Å². The zero-order chi connectivity index (χ0) is 10.3. The molecule has 0 saturated heterocycles. The number of aliphatic carboxylic acids is 1. The van der Waals surface area contributed by atoms with Crippen molar-refractivity contribution in [2.45, 2.75) is 33.1 Å². The average molecular weight is 186 g/mol. The Balaban J connectivity index is 4.03. The van der Waals surface area contributed by atoms with E-state index >= 15 is 0 Å². The molecule has 0 unspecified atom stereocenters. The molecule has 0 spiro atoms. The highest BCUT2D eigenvalue weighted by Gasteiger charge is 2.06. The summed E-state index contributed by atoms with van der Waals surface area (Å²) in [5, 5.41) is 17.3. The van der Waals surface area contributed by atoms with Crippen LogP contribution in [0.15, 0.2) is 11.6 Å². The molecule has 0 aliphatic carbocycles. The van der Waals surface area contributed by atoms with Gasteiger partial charge in [-0.25, -0.2) is 4.79 Å². The van der Waals surface area contributed by atoms with Crippen LogP contribution >= 0.6 is 0 Å². The van der Waals surface area contributed by atoms with Crippen LogP contribution in [0.4, 0.5) is 0 Å². The average Bonchev–Trinajstić information content (AvgIpc) is 2.02. The van der Waals surface area contributed by atoms with Crippen molar-refractivity contribution >= 4 is 5.97 Å². The monoisotopic (exact) mass is 186 g/mol. The maximum absolute atomic E-state index is 10.7. The lowest BCUT2D eigenvalue weighted by atomic mass is 10.0. The van der Waals surface area contributed by atoms with Gasteiger partial charge in [0.15, 0.2) is 0 Å². The summed E-state index contributed by atoms with van der Waals surface area (Å²) >= 11 is 0. The smallest absolute Gasteiger partial charge is 0.331 e. The summed E-state index contributed by atoms with van der Waals surface area (Å²) in [6.07, 6.45) is 3.72. The first-order valence-corrected chi connectivity index (χ1v) is 4.62. The van der Waals surface area contributed by atoms with Crippen molar-refractivity contribution in [2.24, 2.45) is 5.92 Å². The number of carboxylic acid groups (broad SMARTS) is 1. The normalized spacial score (nSPS) is 12.2. The van der Waals surface area contributed by atoms with Crippen LogP contribution < -0.4 is 0 Å². The first-order valence-electron chi connectivity index (χ1n) is 4.62. The summed E-state index contributed by atoms with van der Waals surface area (Å²) in [5.41, 5.74) is 0.462. The Bertz CT molecular complexity index is 183. The lowest BCUT2D eigenvalue weighted by Crippen LogP contribution is -2.02. The predicted molar refractivity (Wildman–Crippen MR) is 51.5 cm³/mol. The second kappa shape index (κ2) is 6.66. The Labute approximate surface area is 79.1 Å². The van der Waals surface area contributed by atoms with Crippen molar-refractivity contribution < 1.29 is 15.0 Å². The van der Waals surface area contributed by atoms with Crippen molar-refractivity contribution in [2.75, 3.05) is 6.61 Å². The van der Waals surface area contributed by atoms with Crippen LogP contribution in [0, 0.1) is 5.92 Å². The van der Waals surface area contributed by atoms with Crippen LogP contribution in [0.1, 0.15) is 33.1 Å². The molecule has 0 aliphatic rings. The minimum Gasteiger partial charge on any atom is -0.478 e. The van der Waals surface area contributed by atoms with E-state index in [1.54, 1.807) is 6.08 Å². The zero-order valence-corrected chi connectivity index (χ0v) is 8.29. The zero-order valence-electron chi connectivity index (χ0n) is 8.29. The molecule has 0 amide bonds. The number of carbonyl (C=O) groups is 1. The van der Waals surface area contributed by atoms with E-state index in [0.29, 0.717) is 18.4 Å². The number of hydrogen-bond acceptors (Lipinski definition) is 2. The molecular weight excluding hydrogens is 168 g/mol. The van der Waals surface area contributed by atoms with Gasteiger partial charge in [-0.15, -0.1) is 0 Å². The van der Waals surface area contributed by atoms with Gasteiger partial charge in [0, 0.05) is 12.2 Å². The van der Waals surface area contributed by atoms with E-state index in [1.807, 2.05) is 13.8 Å². The van der Waals surface area contributed by atoms with E-state index in [0.717, 1.165) is 6.42 Å². The lowest BCUT2D eigenvalue weighted by Gasteiger charge is -2.03. The summed E-state index contributed by atoms with van der Waals surface area (Å²) in [7, 11) is 0. The molecule has 13 heavy (non-hydrogen) atoms. The molecule has 0 saturated carbocycles. The summed E-state index contributed by atoms with van der Waals surface area (Å²) in [4.78, 5) is 10.7. The Kier molecular flexibility index (Phi) is 6.24. The third-order valence-corrected chi connectivity index (χ3v) is 1.66. The van der Waals surface area contributed by atoms with Crippen LogP contribution in [-0.4, -0.2) is 22.8 Å². The van der Waals surface area contributed by atoms with Gasteiger partial charge in [0.2, 0.25) is 0 Å². The van der Waals surface area contributed by atoms with Gasteiger partial charge in [-0.1, -0.05) is 19.9 Å². The number of aliphatic hydroxyl groups is 1. The molecule has 2 N–H and O–H groups in total. The summed E-state index contributed by atoms with van der Waals surface area (Å²) in [5.74, 6) is -0.577. The molecular formula is C10H18O3. The first kappa shape index (κ1) is 12.2. The SMILES string of the molecule is CC(C)C=C(CCCCO)C(=O)O. The molecule has 0 atom stereocenters. The molecule has 0 rings (SSSR count). The van der Waals surface area contributed by atoms with Crippen LogP contribution in [0.5, 0.6) is 0 Å². The number of rotatable bonds is 6. The molecule has 0 aromatic heterocycles. The molecule has 0 heterocycles. The summed E-state index contributed by atoms with van der Waals surface area (Å²) in [6.45, 7) is 4.04. The van der Waals surface area contributed by atoms with Crippen LogP contribution in [0.3, 0.4) is 0 Å². The number of hydrogen-bond donors (Lipinski definition) is 2. The van der Waals surface area contributed by atoms with E-state index in [9.17, 15) is 4.79 Å². The van der Waals surface area contributed by atoms with E-state index in [2.05, 4.69) is 0 Å². The molecule has 0 aromatic carbocycles. The maximum atomic E-state index is 10.7. The van der Waals surface area contributed by atoms with Gasteiger partial charge in [-0.05, 0) is 25.2 Å². The highest BCUT2D eigenvalue weighted by molar-refractivity contribution is 5.86. The highest BCUT2D eigenvalue weighted by atomic mass is 16.4. The summed E-state index contributed by atoms with van der Waals surface area (Å²) < 4.78 is 0. The highest BCUT2D eigenvalue weighted by Crippen LogP contribution is 2.10. The molecule has 0 aromatic rings. The van der Waals surface area contributed by atoms with Crippen molar-refractivity contribution in [3.8, 4) is 0 Å². The van der Waals surface area contributed by atoms with Gasteiger partial charge in [-0.3, -0.25) is 0 Å². The van der Waals surface area contributed by atoms with E-state index in [-0.39, 0.29) is 12.5 Å². The fourth-order valence-electron chi connectivity index (χ4n) is 1.09. The molecule has 0 aliphatic heterocycles. The Morgan fingerprint density at radius 3 is 2.38 bits per heavy atom. The Hall–Kier alpha value is -0.830. The first-order chi connectivity index (χ1) is 6.07. The largest absolute Gasteiger partial charge is 0.478 e. The number of allylic oxidation sites excluding steroid dienone is 1. The number of aliphatic hydroxyl groups excluding tert-OH is 1. The van der Waals surface area contributed by atoms with E-state index in [1.165, 1.54) is 0 Å². The van der Waals surface area contributed by atoms with Crippen LogP contribution in [0.2, 0.25) is 0 Å². The van der Waals surface area contributed by atoms with Gasteiger partial charge in [0.05, 0.1) is 0 Å². The second-order valence-electron chi connectivity index (χ2n) is 3.42. The van der Waals surface area contributed by atoms with Gasteiger partial charge in [-0.2, -0.15) is 0 Å². The molecule has 0 fully saturated rings. The van der Waals surface area contributed by atoms with E-state index < -0.39 is 5.97 Å². The quantitative estimate of drug-likeness (QED) is 0.491. The second-order valence-corrected chi connectivity index (χ2v) is 3.42. The molecule has 0 bridgehead atoms. The van der Waals surface area contributed by atoms with E-state index in [4.69, 9.17) is 10.2 Å². The maximum Gasteiger partial charge on any atom is 0.331 e. The van der Waals surface area contributed by atoms with Gasteiger partial charge < -0.3 is 10.2 Å². The third kappa shape index (κ3) is 6.34. The lowest BCUT2D eigenvalue weighted by molar-refractivity contribution is -0.132. The van der Waals surface area contributed by atoms with Gasteiger partial charge in [0.25, 0.3) is 0 Å². The Morgan fingerprint density at radius 1 is 1.38 bits per heavy atom. The number of carboxylic acids is 1. The fraction of sp³-hybridized carbons (Fsp3) is 0.700. The molecule has 3 heteroatoms. The van der Waals surface area contributed by atoms with Crippen molar-refractivity contribution in [3.63, 3.8) is 0 Å². The fourth-order valence-corrected chi connectivity index (χ4v) is 1.09.